The predicted octanol–water partition coefficient (Wildman–Crippen LogP) is 3.10. The molecule has 0 unspecified atom stereocenters. The SMILES string of the molecule is CCCCN(C)C(=S)[S-].CCCCN(C)C(=S)[S-].[Ni+2]. The fourth-order valence-corrected chi connectivity index (χ4v) is 1.34. The Hall–Kier alpha value is 0.714. The summed E-state index contributed by atoms with van der Waals surface area (Å²) in [5.41, 5.74) is 0. The van der Waals surface area contributed by atoms with Crippen LogP contribution in [0.3, 0.4) is 0 Å². The van der Waals surface area contributed by atoms with Gasteiger partial charge in [0.1, 0.15) is 0 Å². The largest absolute Gasteiger partial charge is 2.00 e. The van der Waals surface area contributed by atoms with Gasteiger partial charge < -0.3 is 59.5 Å². The van der Waals surface area contributed by atoms with Gasteiger partial charge in [0.15, 0.2) is 0 Å². The Morgan fingerprint density at radius 3 is 1.26 bits per heavy atom. The van der Waals surface area contributed by atoms with Crippen LogP contribution in [0.15, 0.2) is 0 Å². The monoisotopic (exact) mass is 382 g/mol. The first kappa shape index (κ1) is 24.7. The van der Waals surface area contributed by atoms with Gasteiger partial charge in [0.2, 0.25) is 0 Å². The zero-order chi connectivity index (χ0) is 14.6. The summed E-state index contributed by atoms with van der Waals surface area (Å²) in [4.78, 5) is 3.85. The maximum Gasteiger partial charge on any atom is 2.00 e. The molecule has 0 radical (unpaired) electrons. The van der Waals surface area contributed by atoms with E-state index in [-0.39, 0.29) is 16.5 Å². The zero-order valence-corrected chi connectivity index (χ0v) is 16.3. The van der Waals surface area contributed by atoms with Crippen molar-refractivity contribution in [3.8, 4) is 0 Å². The first-order valence-electron chi connectivity index (χ1n) is 6.20. The molecule has 0 aliphatic carbocycles. The maximum absolute atomic E-state index is 4.77. The molecule has 0 aromatic rings. The third-order valence-electron chi connectivity index (χ3n) is 2.32. The number of hydrogen-bond donors (Lipinski definition) is 0. The van der Waals surface area contributed by atoms with Crippen LogP contribution < -0.4 is 0 Å². The van der Waals surface area contributed by atoms with E-state index < -0.39 is 0 Å². The first-order valence-corrected chi connectivity index (χ1v) is 7.84. The molecule has 0 atom stereocenters. The molecule has 19 heavy (non-hydrogen) atoms. The van der Waals surface area contributed by atoms with Crippen LogP contribution in [0.25, 0.3) is 0 Å². The smallest absolute Gasteiger partial charge is 0.411 e. The Morgan fingerprint density at radius 2 is 1.11 bits per heavy atom. The molecule has 0 aromatic heterocycles. The standard InChI is InChI=1S/2C6H13NS2.Ni/c2*1-3-4-5-7(2)6(8)9;/h2*3-5H2,1-2H3,(H,8,9);/q;;+2/p-2. The van der Waals surface area contributed by atoms with Crippen molar-refractivity contribution in [2.75, 3.05) is 27.2 Å². The second kappa shape index (κ2) is 16.8. The summed E-state index contributed by atoms with van der Waals surface area (Å²) in [7, 11) is 3.87. The molecule has 0 fully saturated rings. The minimum absolute atomic E-state index is 0. The van der Waals surface area contributed by atoms with Crippen molar-refractivity contribution in [2.24, 2.45) is 0 Å². The predicted molar refractivity (Wildman–Crippen MR) is 95.0 cm³/mol. The van der Waals surface area contributed by atoms with Crippen LogP contribution in [-0.4, -0.2) is 45.6 Å². The van der Waals surface area contributed by atoms with E-state index in [0.717, 1.165) is 13.1 Å². The van der Waals surface area contributed by atoms with E-state index in [1.807, 2.05) is 23.9 Å². The average molecular weight is 383 g/mol. The van der Waals surface area contributed by atoms with E-state index in [1.165, 1.54) is 25.7 Å². The molecule has 0 saturated carbocycles. The van der Waals surface area contributed by atoms with Crippen LogP contribution in [0.2, 0.25) is 0 Å². The molecule has 0 aliphatic heterocycles. The van der Waals surface area contributed by atoms with Crippen LogP contribution in [0.1, 0.15) is 39.5 Å². The van der Waals surface area contributed by atoms with Gasteiger partial charge in [-0.15, -0.1) is 0 Å². The van der Waals surface area contributed by atoms with Crippen molar-refractivity contribution in [3.05, 3.63) is 0 Å². The van der Waals surface area contributed by atoms with Crippen molar-refractivity contribution in [3.63, 3.8) is 0 Å². The molecule has 0 rings (SSSR count). The van der Waals surface area contributed by atoms with Crippen LogP contribution in [0.4, 0.5) is 0 Å². The number of unbranched alkanes of at least 4 members (excludes halogenated alkanes) is 2. The summed E-state index contributed by atoms with van der Waals surface area (Å²) in [6.45, 7) is 6.30. The van der Waals surface area contributed by atoms with Gasteiger partial charge in [-0.2, -0.15) is 0 Å². The fraction of sp³-hybridized carbons (Fsp3) is 0.833. The van der Waals surface area contributed by atoms with E-state index >= 15 is 0 Å². The van der Waals surface area contributed by atoms with Crippen LogP contribution in [0.5, 0.6) is 0 Å². The van der Waals surface area contributed by atoms with Crippen LogP contribution >= 0.6 is 24.4 Å². The van der Waals surface area contributed by atoms with Gasteiger partial charge in [-0.05, 0) is 12.8 Å². The number of nitrogens with zero attached hydrogens (tertiary/aromatic N) is 2. The summed E-state index contributed by atoms with van der Waals surface area (Å²) in [6, 6.07) is 0. The van der Waals surface area contributed by atoms with Gasteiger partial charge >= 0.3 is 16.5 Å². The van der Waals surface area contributed by atoms with Crippen molar-refractivity contribution in [1.29, 1.82) is 0 Å². The summed E-state index contributed by atoms with van der Waals surface area (Å²) in [6.07, 6.45) is 4.74. The van der Waals surface area contributed by atoms with Gasteiger partial charge in [0.05, 0.1) is 0 Å². The summed E-state index contributed by atoms with van der Waals surface area (Å²) >= 11 is 19.1. The van der Waals surface area contributed by atoms with Crippen molar-refractivity contribution < 1.29 is 16.5 Å². The van der Waals surface area contributed by atoms with Gasteiger partial charge in [0.25, 0.3) is 0 Å². The molecule has 0 heterocycles. The Labute approximate surface area is 150 Å². The second-order valence-corrected chi connectivity index (χ2v) is 6.15. The van der Waals surface area contributed by atoms with Gasteiger partial charge in [0, 0.05) is 27.2 Å². The molecule has 0 aromatic carbocycles. The van der Waals surface area contributed by atoms with E-state index in [9.17, 15) is 0 Å². The molecule has 0 spiro atoms. The topological polar surface area (TPSA) is 6.48 Å². The van der Waals surface area contributed by atoms with E-state index in [0.29, 0.717) is 8.64 Å². The fourth-order valence-electron chi connectivity index (χ4n) is 0.973. The first-order chi connectivity index (χ1) is 8.36. The Kier molecular flexibility index (Phi) is 21.8. The molecular formula is C12H24N2NiS4. The molecule has 0 bridgehead atoms. The second-order valence-electron chi connectivity index (χ2n) is 4.08. The van der Waals surface area contributed by atoms with Crippen molar-refractivity contribution in [1.82, 2.24) is 9.80 Å². The minimum atomic E-state index is 0. The minimum Gasteiger partial charge on any atom is -0.411 e. The molecule has 2 nitrogen and oxygen atoms in total. The Bertz CT molecular complexity index is 216. The zero-order valence-electron chi connectivity index (χ0n) is 12.1. The maximum atomic E-state index is 4.77. The number of thiocarbonyl (C=S) groups is 2. The third-order valence-corrected chi connectivity index (χ3v) is 3.56. The third kappa shape index (κ3) is 18.7. The summed E-state index contributed by atoms with van der Waals surface area (Å²) in [5.74, 6) is 0. The molecule has 0 amide bonds. The quantitative estimate of drug-likeness (QED) is 0.392. The molecule has 0 aliphatic rings. The van der Waals surface area contributed by atoms with Crippen LogP contribution in [0, 0.1) is 0 Å². The van der Waals surface area contributed by atoms with Crippen LogP contribution in [-0.2, 0) is 41.7 Å². The van der Waals surface area contributed by atoms with Gasteiger partial charge in [-0.1, -0.05) is 35.3 Å². The van der Waals surface area contributed by atoms with Gasteiger partial charge in [-0.3, -0.25) is 0 Å². The van der Waals surface area contributed by atoms with E-state index in [4.69, 9.17) is 49.7 Å². The molecule has 0 N–H and O–H groups in total. The molecular weight excluding hydrogens is 359 g/mol. The van der Waals surface area contributed by atoms with E-state index in [1.54, 1.807) is 0 Å². The van der Waals surface area contributed by atoms with E-state index in [2.05, 4.69) is 13.8 Å². The summed E-state index contributed by atoms with van der Waals surface area (Å²) in [5, 5.41) is 0. The molecule has 116 valence electrons. The number of rotatable bonds is 6. The molecule has 0 saturated heterocycles. The summed E-state index contributed by atoms with van der Waals surface area (Å²) < 4.78 is 1.15. The van der Waals surface area contributed by atoms with Gasteiger partial charge in [-0.25, -0.2) is 0 Å². The molecule has 7 heteroatoms. The Morgan fingerprint density at radius 1 is 0.842 bits per heavy atom. The van der Waals surface area contributed by atoms with Crippen molar-refractivity contribution >= 4 is 58.3 Å². The Balaban J connectivity index is -0.000000256. The van der Waals surface area contributed by atoms with Crippen molar-refractivity contribution in [2.45, 2.75) is 39.5 Å². The average Bonchev–Trinajstić information content (AvgIpc) is 2.33. The number of hydrogen-bond acceptors (Lipinski definition) is 4. The normalized spacial score (nSPS) is 8.63.